The summed E-state index contributed by atoms with van der Waals surface area (Å²) < 4.78 is 5.30. The number of rotatable bonds is 5. The molecule has 0 bridgehead atoms. The number of esters is 1. The van der Waals surface area contributed by atoms with Crippen molar-refractivity contribution < 1.29 is 14.3 Å². The number of hydrogen-bond acceptors (Lipinski definition) is 4. The van der Waals surface area contributed by atoms with Gasteiger partial charge in [-0.25, -0.2) is 10.2 Å². The lowest BCUT2D eigenvalue weighted by atomic mass is 10.2. The highest BCUT2D eigenvalue weighted by Crippen LogP contribution is 2.21. The van der Waals surface area contributed by atoms with E-state index in [9.17, 15) is 9.59 Å². The first-order chi connectivity index (χ1) is 13.9. The van der Waals surface area contributed by atoms with Gasteiger partial charge in [-0.1, -0.05) is 40.9 Å². The maximum atomic E-state index is 12.1. The van der Waals surface area contributed by atoms with Crippen molar-refractivity contribution in [3.63, 3.8) is 0 Å². The summed E-state index contributed by atoms with van der Waals surface area (Å²) >= 11 is 17.7. The van der Waals surface area contributed by atoms with E-state index in [-0.39, 0.29) is 10.6 Å². The fourth-order valence-electron chi connectivity index (χ4n) is 2.30. The predicted octanol–water partition coefficient (Wildman–Crippen LogP) is 5.63. The number of nitrogens with one attached hydrogen (secondary N) is 1. The van der Waals surface area contributed by atoms with Crippen LogP contribution >= 0.6 is 34.8 Å². The summed E-state index contributed by atoms with van der Waals surface area (Å²) in [6.07, 6.45) is 1.45. The molecule has 8 heteroatoms. The molecule has 3 aromatic rings. The van der Waals surface area contributed by atoms with Gasteiger partial charge < -0.3 is 4.74 Å². The SMILES string of the molecule is O=C(Oc1ccc(/C=N\NC(=O)c2ccc(Cl)cc2Cl)cc1)c1cccc(Cl)c1. The Bertz CT molecular complexity index is 1080. The van der Waals surface area contributed by atoms with Crippen molar-refractivity contribution >= 4 is 52.9 Å². The minimum atomic E-state index is -0.513. The number of hydrazone groups is 1. The summed E-state index contributed by atoms with van der Waals surface area (Å²) in [6, 6.07) is 17.6. The third kappa shape index (κ3) is 5.81. The summed E-state index contributed by atoms with van der Waals surface area (Å²) in [4.78, 5) is 24.2. The molecule has 0 aromatic heterocycles. The molecule has 0 aliphatic heterocycles. The molecule has 0 saturated carbocycles. The van der Waals surface area contributed by atoms with Crippen molar-refractivity contribution in [1.82, 2.24) is 5.43 Å². The number of benzene rings is 3. The molecular weight excluding hydrogens is 435 g/mol. The zero-order valence-corrected chi connectivity index (χ0v) is 17.0. The van der Waals surface area contributed by atoms with Crippen LogP contribution in [0.3, 0.4) is 0 Å². The Labute approximate surface area is 181 Å². The van der Waals surface area contributed by atoms with Crippen LogP contribution in [0.4, 0.5) is 0 Å². The average molecular weight is 448 g/mol. The minimum absolute atomic E-state index is 0.232. The fourth-order valence-corrected chi connectivity index (χ4v) is 2.99. The zero-order valence-electron chi connectivity index (χ0n) is 14.7. The number of amides is 1. The molecule has 1 N–H and O–H groups in total. The second-order valence-corrected chi connectivity index (χ2v) is 7.07. The molecule has 0 radical (unpaired) electrons. The average Bonchev–Trinajstić information content (AvgIpc) is 2.69. The van der Waals surface area contributed by atoms with Crippen molar-refractivity contribution in [2.45, 2.75) is 0 Å². The fraction of sp³-hybridized carbons (Fsp3) is 0. The monoisotopic (exact) mass is 446 g/mol. The molecule has 0 spiro atoms. The van der Waals surface area contributed by atoms with E-state index in [1.807, 2.05) is 0 Å². The van der Waals surface area contributed by atoms with E-state index < -0.39 is 11.9 Å². The van der Waals surface area contributed by atoms with E-state index in [4.69, 9.17) is 39.5 Å². The molecule has 0 fully saturated rings. The van der Waals surface area contributed by atoms with E-state index in [0.29, 0.717) is 26.9 Å². The Balaban J connectivity index is 1.58. The lowest BCUT2D eigenvalue weighted by Crippen LogP contribution is -2.18. The maximum absolute atomic E-state index is 12.1. The Kier molecular flexibility index (Phi) is 6.88. The second-order valence-electron chi connectivity index (χ2n) is 5.79. The number of ether oxygens (including phenoxy) is 1. The van der Waals surface area contributed by atoms with Crippen molar-refractivity contribution in [2.24, 2.45) is 5.10 Å². The molecule has 0 unspecified atom stereocenters. The van der Waals surface area contributed by atoms with Crippen LogP contribution in [-0.4, -0.2) is 18.1 Å². The van der Waals surface area contributed by atoms with E-state index in [0.717, 1.165) is 0 Å². The molecule has 1 amide bonds. The van der Waals surface area contributed by atoms with E-state index in [1.165, 1.54) is 24.4 Å². The van der Waals surface area contributed by atoms with Crippen molar-refractivity contribution in [3.05, 3.63) is 98.5 Å². The Morgan fingerprint density at radius 2 is 1.62 bits per heavy atom. The molecule has 3 rings (SSSR count). The molecule has 3 aromatic carbocycles. The van der Waals surface area contributed by atoms with Gasteiger partial charge in [0.1, 0.15) is 5.75 Å². The molecule has 5 nitrogen and oxygen atoms in total. The maximum Gasteiger partial charge on any atom is 0.343 e. The summed E-state index contributed by atoms with van der Waals surface area (Å²) in [5.41, 5.74) is 3.69. The van der Waals surface area contributed by atoms with Gasteiger partial charge in [-0.15, -0.1) is 0 Å². The summed E-state index contributed by atoms with van der Waals surface area (Å²) in [7, 11) is 0. The van der Waals surface area contributed by atoms with Crippen molar-refractivity contribution in [2.75, 3.05) is 0 Å². The highest BCUT2D eigenvalue weighted by Gasteiger charge is 2.10. The summed E-state index contributed by atoms with van der Waals surface area (Å²) in [5.74, 6) is -0.611. The van der Waals surface area contributed by atoms with Gasteiger partial charge in [-0.05, 0) is 66.2 Å². The molecule has 29 heavy (non-hydrogen) atoms. The van der Waals surface area contributed by atoms with Crippen LogP contribution in [0.2, 0.25) is 15.1 Å². The van der Waals surface area contributed by atoms with Crippen LogP contribution in [0.15, 0.2) is 71.8 Å². The van der Waals surface area contributed by atoms with Crippen LogP contribution in [0.25, 0.3) is 0 Å². The standard InChI is InChI=1S/C21H13Cl3N2O3/c22-15-3-1-2-14(10-15)21(28)29-17-7-4-13(5-8-17)12-25-26-20(27)18-9-6-16(23)11-19(18)24/h1-12H,(H,26,27)/b25-12-. The molecule has 0 atom stereocenters. The smallest absolute Gasteiger partial charge is 0.343 e. The predicted molar refractivity (Wildman–Crippen MR) is 114 cm³/mol. The molecular formula is C21H13Cl3N2O3. The Morgan fingerprint density at radius 3 is 2.31 bits per heavy atom. The highest BCUT2D eigenvalue weighted by atomic mass is 35.5. The second kappa shape index (κ2) is 9.56. The quantitative estimate of drug-likeness (QED) is 0.238. The summed E-state index contributed by atoms with van der Waals surface area (Å²) in [5, 5.41) is 5.01. The van der Waals surface area contributed by atoms with Crippen LogP contribution < -0.4 is 10.2 Å². The van der Waals surface area contributed by atoms with Crippen LogP contribution in [0, 0.1) is 0 Å². The number of hydrogen-bond donors (Lipinski definition) is 1. The van der Waals surface area contributed by atoms with Crippen LogP contribution in [0.1, 0.15) is 26.3 Å². The van der Waals surface area contributed by atoms with Gasteiger partial charge in [-0.2, -0.15) is 5.10 Å². The van der Waals surface area contributed by atoms with E-state index in [1.54, 1.807) is 48.5 Å². The Hall–Kier alpha value is -2.86. The van der Waals surface area contributed by atoms with Gasteiger partial charge in [-0.3, -0.25) is 4.79 Å². The van der Waals surface area contributed by atoms with Crippen molar-refractivity contribution in [1.29, 1.82) is 0 Å². The number of nitrogens with zero attached hydrogens (tertiary/aromatic N) is 1. The first-order valence-corrected chi connectivity index (χ1v) is 9.42. The number of carbonyl (C=O) groups excluding carboxylic acids is 2. The normalized spacial score (nSPS) is 10.7. The van der Waals surface area contributed by atoms with Gasteiger partial charge in [0.15, 0.2) is 0 Å². The summed E-state index contributed by atoms with van der Waals surface area (Å²) in [6.45, 7) is 0. The van der Waals surface area contributed by atoms with Gasteiger partial charge in [0.25, 0.3) is 5.91 Å². The third-order valence-electron chi connectivity index (χ3n) is 3.71. The molecule has 0 saturated heterocycles. The topological polar surface area (TPSA) is 67.8 Å². The molecule has 0 aliphatic carbocycles. The Morgan fingerprint density at radius 1 is 0.897 bits per heavy atom. The van der Waals surface area contributed by atoms with Gasteiger partial charge in [0, 0.05) is 10.0 Å². The first-order valence-electron chi connectivity index (χ1n) is 8.28. The zero-order chi connectivity index (χ0) is 20.8. The highest BCUT2D eigenvalue weighted by molar-refractivity contribution is 6.36. The molecule has 0 heterocycles. The van der Waals surface area contributed by atoms with Gasteiger partial charge >= 0.3 is 5.97 Å². The molecule has 146 valence electrons. The minimum Gasteiger partial charge on any atom is -0.423 e. The van der Waals surface area contributed by atoms with Gasteiger partial charge in [0.05, 0.1) is 22.4 Å². The van der Waals surface area contributed by atoms with Gasteiger partial charge in [0.2, 0.25) is 0 Å². The molecule has 0 aliphatic rings. The van der Waals surface area contributed by atoms with Crippen LogP contribution in [-0.2, 0) is 0 Å². The lowest BCUT2D eigenvalue weighted by molar-refractivity contribution is 0.0734. The first kappa shape index (κ1) is 20.9. The van der Waals surface area contributed by atoms with Crippen molar-refractivity contribution in [3.8, 4) is 5.75 Å². The van der Waals surface area contributed by atoms with E-state index >= 15 is 0 Å². The van der Waals surface area contributed by atoms with E-state index in [2.05, 4.69) is 10.5 Å². The third-order valence-corrected chi connectivity index (χ3v) is 4.49. The largest absolute Gasteiger partial charge is 0.423 e. The number of halogens is 3. The lowest BCUT2D eigenvalue weighted by Gasteiger charge is -2.05. The van der Waals surface area contributed by atoms with Crippen LogP contribution in [0.5, 0.6) is 5.75 Å². The number of carbonyl (C=O) groups is 2.